The molecule has 0 saturated heterocycles. The van der Waals surface area contributed by atoms with Crippen molar-refractivity contribution in [2.75, 3.05) is 5.75 Å². The highest BCUT2D eigenvalue weighted by atomic mass is 32.2. The van der Waals surface area contributed by atoms with Gasteiger partial charge in [-0.2, -0.15) is 5.10 Å². The molecule has 1 unspecified atom stereocenters. The van der Waals surface area contributed by atoms with E-state index in [-0.39, 0.29) is 17.7 Å². The summed E-state index contributed by atoms with van der Waals surface area (Å²) in [4.78, 5) is 16.5. The first-order chi connectivity index (χ1) is 14.8. The normalized spacial score (nSPS) is 16.2. The predicted molar refractivity (Wildman–Crippen MR) is 121 cm³/mol. The molecule has 5 rings (SSSR count). The van der Waals surface area contributed by atoms with Crippen LogP contribution < -0.4 is 0 Å². The van der Waals surface area contributed by atoms with Gasteiger partial charge in [0, 0.05) is 16.2 Å². The Hall–Kier alpha value is -2.34. The van der Waals surface area contributed by atoms with Crippen LogP contribution in [0.25, 0.3) is 0 Å². The van der Waals surface area contributed by atoms with Gasteiger partial charge in [0.1, 0.15) is 0 Å². The molecular formula is C19H16N6OS4. The van der Waals surface area contributed by atoms with E-state index in [9.17, 15) is 4.79 Å². The maximum Gasteiger partial charge on any atom is 0.253 e. The molecule has 30 heavy (non-hydrogen) atoms. The van der Waals surface area contributed by atoms with E-state index < -0.39 is 0 Å². The fourth-order valence-corrected chi connectivity index (χ4v) is 6.12. The van der Waals surface area contributed by atoms with Crippen molar-refractivity contribution < 1.29 is 4.79 Å². The molecule has 1 atom stereocenters. The molecule has 0 radical (unpaired) electrons. The van der Waals surface area contributed by atoms with E-state index in [1.165, 1.54) is 11.8 Å². The average molecular weight is 473 g/mol. The molecule has 0 saturated carbocycles. The molecule has 1 aliphatic rings. The predicted octanol–water partition coefficient (Wildman–Crippen LogP) is 4.38. The summed E-state index contributed by atoms with van der Waals surface area (Å²) in [6, 6.07) is 12.1. The van der Waals surface area contributed by atoms with Crippen LogP contribution in [-0.2, 0) is 11.3 Å². The van der Waals surface area contributed by atoms with E-state index in [4.69, 9.17) is 5.10 Å². The third-order valence-electron chi connectivity index (χ3n) is 4.55. The molecular weight excluding hydrogens is 457 g/mol. The lowest BCUT2D eigenvalue weighted by Crippen LogP contribution is -2.28. The largest absolute Gasteiger partial charge is 0.272 e. The Morgan fingerprint density at radius 3 is 2.70 bits per heavy atom. The van der Waals surface area contributed by atoms with Crippen molar-refractivity contribution >= 4 is 57.4 Å². The number of hydrazone groups is 1. The molecule has 152 valence electrons. The third-order valence-corrected chi connectivity index (χ3v) is 8.25. The number of rotatable bonds is 7. The molecule has 4 aromatic heterocycles. The number of hydrogen-bond acceptors (Lipinski definition) is 9. The summed E-state index contributed by atoms with van der Waals surface area (Å²) in [5.41, 5.74) is 0.962. The lowest BCUT2D eigenvalue weighted by atomic mass is 10.1. The monoisotopic (exact) mass is 472 g/mol. The smallest absolute Gasteiger partial charge is 0.253 e. The van der Waals surface area contributed by atoms with E-state index in [1.807, 2.05) is 40.4 Å². The molecule has 4 aromatic rings. The van der Waals surface area contributed by atoms with E-state index in [0.29, 0.717) is 11.7 Å². The number of carbonyl (C=O) groups is 1. The quantitative estimate of drug-likeness (QED) is 0.373. The van der Waals surface area contributed by atoms with Gasteiger partial charge in [-0.05, 0) is 44.8 Å². The van der Waals surface area contributed by atoms with Crippen molar-refractivity contribution in [2.24, 2.45) is 5.10 Å². The zero-order valence-electron chi connectivity index (χ0n) is 15.6. The Labute approximate surface area is 189 Å². The first-order valence-electron chi connectivity index (χ1n) is 9.16. The Balaban J connectivity index is 1.31. The number of thioether (sulfide) groups is 1. The van der Waals surface area contributed by atoms with Gasteiger partial charge in [-0.1, -0.05) is 30.0 Å². The lowest BCUT2D eigenvalue weighted by molar-refractivity contribution is -0.130. The fraction of sp³-hybridized carbons (Fsp3) is 0.211. The Kier molecular flexibility index (Phi) is 5.75. The SMILES string of the molecule is O=C(CSc1nnnn1Cc1cccs1)N1N=C(c2cccs2)CC1c1cccs1. The van der Waals surface area contributed by atoms with Gasteiger partial charge < -0.3 is 0 Å². The summed E-state index contributed by atoms with van der Waals surface area (Å²) in [6.07, 6.45) is 0.730. The number of amides is 1. The van der Waals surface area contributed by atoms with Crippen molar-refractivity contribution in [2.45, 2.75) is 24.2 Å². The van der Waals surface area contributed by atoms with Gasteiger partial charge in [0.15, 0.2) is 0 Å². The van der Waals surface area contributed by atoms with Crippen LogP contribution in [0.4, 0.5) is 0 Å². The lowest BCUT2D eigenvalue weighted by Gasteiger charge is -2.20. The number of aromatic nitrogens is 4. The molecule has 0 bridgehead atoms. The molecule has 0 fully saturated rings. The van der Waals surface area contributed by atoms with E-state index >= 15 is 0 Å². The average Bonchev–Trinajstić information content (AvgIpc) is 3.57. The van der Waals surface area contributed by atoms with E-state index in [2.05, 4.69) is 27.7 Å². The number of hydrogen-bond donors (Lipinski definition) is 0. The highest BCUT2D eigenvalue weighted by molar-refractivity contribution is 7.99. The van der Waals surface area contributed by atoms with Crippen LogP contribution in [-0.4, -0.2) is 42.6 Å². The van der Waals surface area contributed by atoms with Crippen LogP contribution in [0.3, 0.4) is 0 Å². The molecule has 0 spiro atoms. The third kappa shape index (κ3) is 4.10. The summed E-state index contributed by atoms with van der Waals surface area (Å²) in [5.74, 6) is 0.184. The Morgan fingerprint density at radius 2 is 1.93 bits per heavy atom. The van der Waals surface area contributed by atoms with Crippen LogP contribution >= 0.6 is 45.8 Å². The fourth-order valence-electron chi connectivity index (χ4n) is 3.18. The molecule has 0 N–H and O–H groups in total. The van der Waals surface area contributed by atoms with E-state index in [1.54, 1.807) is 43.7 Å². The zero-order chi connectivity index (χ0) is 20.3. The van der Waals surface area contributed by atoms with Crippen molar-refractivity contribution in [3.05, 3.63) is 67.2 Å². The highest BCUT2D eigenvalue weighted by Crippen LogP contribution is 2.36. The maximum atomic E-state index is 13.1. The topological polar surface area (TPSA) is 76.3 Å². The number of thiophene rings is 3. The summed E-state index contributed by atoms with van der Waals surface area (Å²) in [6.45, 7) is 0.601. The second kappa shape index (κ2) is 8.80. The van der Waals surface area contributed by atoms with Gasteiger partial charge in [-0.3, -0.25) is 4.79 Å². The first-order valence-corrected chi connectivity index (χ1v) is 12.8. The first kappa shape index (κ1) is 19.6. The van der Waals surface area contributed by atoms with Crippen LogP contribution in [0.1, 0.15) is 27.1 Å². The molecule has 5 heterocycles. The Morgan fingerprint density at radius 1 is 1.10 bits per heavy atom. The van der Waals surface area contributed by atoms with Crippen molar-refractivity contribution in [1.82, 2.24) is 25.2 Å². The van der Waals surface area contributed by atoms with Gasteiger partial charge in [-0.25, -0.2) is 9.69 Å². The highest BCUT2D eigenvalue weighted by Gasteiger charge is 2.34. The summed E-state index contributed by atoms with van der Waals surface area (Å²) in [7, 11) is 0. The minimum Gasteiger partial charge on any atom is -0.272 e. The van der Waals surface area contributed by atoms with Gasteiger partial charge in [-0.15, -0.1) is 39.1 Å². The van der Waals surface area contributed by atoms with Gasteiger partial charge in [0.25, 0.3) is 5.91 Å². The summed E-state index contributed by atoms with van der Waals surface area (Å²) >= 11 is 6.31. The van der Waals surface area contributed by atoms with Crippen molar-refractivity contribution in [3.8, 4) is 0 Å². The zero-order valence-corrected chi connectivity index (χ0v) is 18.9. The van der Waals surface area contributed by atoms with Crippen LogP contribution in [0.5, 0.6) is 0 Å². The molecule has 7 nitrogen and oxygen atoms in total. The van der Waals surface area contributed by atoms with Crippen molar-refractivity contribution in [3.63, 3.8) is 0 Å². The van der Waals surface area contributed by atoms with Crippen LogP contribution in [0.15, 0.2) is 62.8 Å². The van der Waals surface area contributed by atoms with Gasteiger partial charge >= 0.3 is 0 Å². The van der Waals surface area contributed by atoms with Gasteiger partial charge in [0.05, 0.1) is 28.9 Å². The summed E-state index contributed by atoms with van der Waals surface area (Å²) < 4.78 is 1.73. The maximum absolute atomic E-state index is 13.1. The minimum atomic E-state index is -0.0580. The molecule has 0 aliphatic carbocycles. The van der Waals surface area contributed by atoms with Crippen LogP contribution in [0.2, 0.25) is 0 Å². The molecule has 1 amide bonds. The summed E-state index contributed by atoms with van der Waals surface area (Å²) in [5, 5.41) is 25.0. The standard InChI is InChI=1S/C19H16N6OS4/c26-18(12-30-19-20-22-23-24(19)11-13-4-1-7-27-13)25-15(17-6-3-9-29-17)10-14(21-25)16-5-2-8-28-16/h1-9,15H,10-12H2. The van der Waals surface area contributed by atoms with Crippen LogP contribution in [0, 0.1) is 0 Å². The van der Waals surface area contributed by atoms with Gasteiger partial charge in [0.2, 0.25) is 5.16 Å². The molecule has 0 aromatic carbocycles. The second-order valence-corrected chi connectivity index (χ2v) is 10.4. The van der Waals surface area contributed by atoms with E-state index in [0.717, 1.165) is 26.8 Å². The minimum absolute atomic E-state index is 0.0457. The molecule has 11 heteroatoms. The van der Waals surface area contributed by atoms with Crippen molar-refractivity contribution in [1.29, 1.82) is 0 Å². The Bertz CT molecular complexity index is 1130. The number of nitrogens with zero attached hydrogens (tertiary/aromatic N) is 6. The number of carbonyl (C=O) groups excluding carboxylic acids is 1. The molecule has 1 aliphatic heterocycles. The second-order valence-electron chi connectivity index (χ2n) is 6.48. The number of tetrazole rings is 1.